The Balaban J connectivity index is 0.00000324. The Labute approximate surface area is 142 Å². The van der Waals surface area contributed by atoms with Crippen LogP contribution in [0.3, 0.4) is 0 Å². The Kier molecular flexibility index (Phi) is 8.36. The molecular weight excluding hydrogens is 438 g/mol. The third kappa shape index (κ3) is 6.84. The number of halogens is 3. The number of ketones is 1. The van der Waals surface area contributed by atoms with Crippen LogP contribution in [0.5, 0.6) is 0 Å². The van der Waals surface area contributed by atoms with Crippen LogP contribution in [-0.2, 0) is 0 Å². The lowest BCUT2D eigenvalue weighted by Crippen LogP contribution is -3.00. The number of Topliss-reactive ketones (excluding diaryl/α,β-unsaturated/α-hetero) is 1. The number of hydrogen-bond acceptors (Lipinski definition) is 1. The zero-order valence-corrected chi connectivity index (χ0v) is 16.0. The second-order valence-electron chi connectivity index (χ2n) is 4.98. The number of likely N-dealkylation sites (N-methyl/N-ethyl adjacent to an activating group) is 1. The highest BCUT2D eigenvalue weighted by molar-refractivity contribution is 9.14. The van der Waals surface area contributed by atoms with Crippen molar-refractivity contribution in [2.75, 3.05) is 27.2 Å². The molecule has 0 saturated carbocycles. The van der Waals surface area contributed by atoms with Gasteiger partial charge < -0.3 is 21.5 Å². The fourth-order valence-electron chi connectivity index (χ4n) is 1.64. The van der Waals surface area contributed by atoms with E-state index in [1.807, 2.05) is 37.3 Å². The molecule has 5 heteroatoms. The summed E-state index contributed by atoms with van der Waals surface area (Å²) >= 11 is 6.97. The lowest BCUT2D eigenvalue weighted by atomic mass is 10.1. The largest absolute Gasteiger partial charge is 1.00 e. The van der Waals surface area contributed by atoms with Crippen LogP contribution in [0.4, 0.5) is 0 Å². The molecule has 1 rings (SSSR count). The van der Waals surface area contributed by atoms with Crippen molar-refractivity contribution in [2.45, 2.75) is 6.92 Å². The summed E-state index contributed by atoms with van der Waals surface area (Å²) in [4.78, 5) is 12.2. The van der Waals surface area contributed by atoms with Gasteiger partial charge in [0.1, 0.15) is 13.1 Å². The molecule has 19 heavy (non-hydrogen) atoms. The second kappa shape index (κ2) is 8.35. The first-order valence-corrected chi connectivity index (χ1v) is 7.31. The molecule has 0 N–H and O–H groups in total. The van der Waals surface area contributed by atoms with Gasteiger partial charge in [-0.2, -0.15) is 0 Å². The van der Waals surface area contributed by atoms with E-state index in [1.54, 1.807) is 0 Å². The van der Waals surface area contributed by atoms with Crippen LogP contribution in [0.2, 0.25) is 0 Å². The van der Waals surface area contributed by atoms with Crippen molar-refractivity contribution < 1.29 is 26.3 Å². The van der Waals surface area contributed by atoms with Crippen LogP contribution >= 0.6 is 31.9 Å². The van der Waals surface area contributed by atoms with E-state index >= 15 is 0 Å². The molecule has 1 aromatic rings. The average Bonchev–Trinajstić information content (AvgIpc) is 2.28. The van der Waals surface area contributed by atoms with Gasteiger partial charge in [0, 0.05) is 10.0 Å². The predicted octanol–water partition coefficient (Wildman–Crippen LogP) is 0.971. The summed E-state index contributed by atoms with van der Waals surface area (Å²) < 4.78 is 2.78. The number of carbonyl (C=O) groups is 1. The number of allylic oxidation sites excluding steroid dienone is 1. The van der Waals surface area contributed by atoms with Crippen LogP contribution < -0.4 is 17.0 Å². The van der Waals surface area contributed by atoms with Crippen LogP contribution in [0.1, 0.15) is 17.3 Å². The minimum Gasteiger partial charge on any atom is -1.00 e. The fourth-order valence-corrected chi connectivity index (χ4v) is 2.45. The summed E-state index contributed by atoms with van der Waals surface area (Å²) in [5, 5.41) is 0. The zero-order chi connectivity index (χ0) is 13.8. The first-order valence-electron chi connectivity index (χ1n) is 5.73. The molecule has 1 aromatic carbocycles. The molecular formula is C14H18Br3NO. The molecule has 0 atom stereocenters. The normalized spacial score (nSPS) is 12.5. The van der Waals surface area contributed by atoms with Crippen molar-refractivity contribution in [1.82, 2.24) is 0 Å². The predicted molar refractivity (Wildman–Crippen MR) is 83.2 cm³/mol. The molecule has 0 aliphatic heterocycles. The molecule has 0 unspecified atom stereocenters. The number of nitrogens with zero attached hydrogens (tertiary/aromatic N) is 1. The number of rotatable bonds is 5. The maximum Gasteiger partial charge on any atom is 0.216 e. The van der Waals surface area contributed by atoms with Gasteiger partial charge in [-0.05, 0) is 22.9 Å². The summed E-state index contributed by atoms with van der Waals surface area (Å²) in [7, 11) is 4.11. The van der Waals surface area contributed by atoms with Crippen LogP contribution in [0.15, 0.2) is 39.3 Å². The maximum absolute atomic E-state index is 12.2. The molecule has 0 aliphatic rings. The van der Waals surface area contributed by atoms with Gasteiger partial charge in [0.15, 0.2) is 0 Å². The lowest BCUT2D eigenvalue weighted by Gasteiger charge is -2.29. The highest BCUT2D eigenvalue weighted by Gasteiger charge is 2.22. The zero-order valence-electron chi connectivity index (χ0n) is 11.3. The summed E-state index contributed by atoms with van der Waals surface area (Å²) in [5.74, 6) is 0.174. The standard InChI is InChI=1S/C14H18Br2NO.BrH/c1-11(15)13(16)9-17(2,3)10-14(18)12-7-5-4-6-8-12;/h4-8H,9-10H2,1-3H3;1H/q+1;/p-1/b13-11-;. The first-order chi connectivity index (χ1) is 8.32. The molecule has 0 amide bonds. The van der Waals surface area contributed by atoms with Crippen molar-refractivity contribution >= 4 is 37.6 Å². The van der Waals surface area contributed by atoms with E-state index in [0.29, 0.717) is 11.0 Å². The molecule has 0 aromatic heterocycles. The number of quaternary nitrogens is 1. The molecule has 0 saturated heterocycles. The highest BCUT2D eigenvalue weighted by atomic mass is 79.9. The van der Waals surface area contributed by atoms with Crippen molar-refractivity contribution in [3.63, 3.8) is 0 Å². The van der Waals surface area contributed by atoms with Crippen LogP contribution in [-0.4, -0.2) is 37.5 Å². The Morgan fingerprint density at radius 2 is 1.63 bits per heavy atom. The molecule has 106 valence electrons. The van der Waals surface area contributed by atoms with E-state index < -0.39 is 0 Å². The summed E-state index contributed by atoms with van der Waals surface area (Å²) in [6, 6.07) is 9.44. The third-order valence-corrected chi connectivity index (χ3v) is 4.46. The van der Waals surface area contributed by atoms with Gasteiger partial charge in [-0.1, -0.05) is 46.3 Å². The number of hydrogen-bond donors (Lipinski definition) is 0. The monoisotopic (exact) mass is 453 g/mol. The molecule has 0 aliphatic carbocycles. The average molecular weight is 456 g/mol. The Morgan fingerprint density at radius 1 is 1.11 bits per heavy atom. The summed E-state index contributed by atoms with van der Waals surface area (Å²) in [6.45, 7) is 3.26. The van der Waals surface area contributed by atoms with E-state index in [2.05, 4.69) is 46.0 Å². The third-order valence-electron chi connectivity index (χ3n) is 2.61. The van der Waals surface area contributed by atoms with Gasteiger partial charge >= 0.3 is 0 Å². The van der Waals surface area contributed by atoms with Gasteiger partial charge in [0.25, 0.3) is 0 Å². The van der Waals surface area contributed by atoms with Crippen molar-refractivity contribution in [3.05, 3.63) is 44.9 Å². The van der Waals surface area contributed by atoms with Gasteiger partial charge in [0.2, 0.25) is 5.78 Å². The van der Waals surface area contributed by atoms with Gasteiger partial charge in [0.05, 0.1) is 18.6 Å². The minimum atomic E-state index is 0. The quantitative estimate of drug-likeness (QED) is 0.477. The van der Waals surface area contributed by atoms with E-state index in [4.69, 9.17) is 0 Å². The molecule has 0 fully saturated rings. The van der Waals surface area contributed by atoms with Crippen LogP contribution in [0.25, 0.3) is 0 Å². The van der Waals surface area contributed by atoms with E-state index in [0.717, 1.165) is 21.1 Å². The van der Waals surface area contributed by atoms with Crippen molar-refractivity contribution in [3.8, 4) is 0 Å². The molecule has 0 bridgehead atoms. The second-order valence-corrected chi connectivity index (χ2v) is 7.13. The Hall–Kier alpha value is 0.0300. The molecule has 0 radical (unpaired) electrons. The molecule has 0 heterocycles. The number of carbonyl (C=O) groups excluding carboxylic acids is 1. The highest BCUT2D eigenvalue weighted by Crippen LogP contribution is 2.20. The minimum absolute atomic E-state index is 0. The first kappa shape index (κ1) is 19.0. The van der Waals surface area contributed by atoms with Gasteiger partial charge in [-0.15, -0.1) is 0 Å². The summed E-state index contributed by atoms with van der Waals surface area (Å²) in [5.41, 5.74) is 0.777. The van der Waals surface area contributed by atoms with E-state index in [-0.39, 0.29) is 22.8 Å². The molecule has 0 spiro atoms. The Bertz CT molecular complexity index is 451. The van der Waals surface area contributed by atoms with Gasteiger partial charge in [-0.25, -0.2) is 0 Å². The molecule has 2 nitrogen and oxygen atoms in total. The fraction of sp³-hybridized carbons (Fsp3) is 0.357. The SMILES string of the molecule is C/C(Br)=C(/Br)C[N+](C)(C)CC(=O)c1ccccc1.[Br-]. The number of benzene rings is 1. The van der Waals surface area contributed by atoms with Crippen LogP contribution in [0, 0.1) is 0 Å². The maximum atomic E-state index is 12.2. The smallest absolute Gasteiger partial charge is 0.216 e. The lowest BCUT2D eigenvalue weighted by molar-refractivity contribution is -0.876. The van der Waals surface area contributed by atoms with Gasteiger partial charge in [-0.3, -0.25) is 4.79 Å². The van der Waals surface area contributed by atoms with Crippen molar-refractivity contribution in [1.29, 1.82) is 0 Å². The van der Waals surface area contributed by atoms with Crippen molar-refractivity contribution in [2.24, 2.45) is 0 Å². The topological polar surface area (TPSA) is 17.1 Å². The Morgan fingerprint density at radius 3 is 2.11 bits per heavy atom. The summed E-state index contributed by atoms with van der Waals surface area (Å²) in [6.07, 6.45) is 0. The van der Waals surface area contributed by atoms with E-state index in [1.165, 1.54) is 0 Å². The van der Waals surface area contributed by atoms with E-state index in [9.17, 15) is 4.79 Å².